The van der Waals surface area contributed by atoms with Gasteiger partial charge in [-0.25, -0.2) is 0 Å². The molecule has 0 saturated heterocycles. The van der Waals surface area contributed by atoms with Crippen LogP contribution < -0.4 is 4.74 Å². The Hall–Kier alpha value is -1.55. The maximum atomic E-state index is 8.35. The topological polar surface area (TPSA) is 45.1 Å². The molecule has 0 aliphatic heterocycles. The fourth-order valence-corrected chi connectivity index (χ4v) is 1.29. The number of rotatable bonds is 6. The zero-order valence-electron chi connectivity index (χ0n) is 9.76. The van der Waals surface area contributed by atoms with Crippen LogP contribution in [0.2, 0.25) is 0 Å². The van der Waals surface area contributed by atoms with Crippen molar-refractivity contribution in [1.29, 1.82) is 0 Å². The molecule has 0 saturated carbocycles. The van der Waals surface area contributed by atoms with Crippen molar-refractivity contribution in [2.75, 3.05) is 27.2 Å². The van der Waals surface area contributed by atoms with Crippen LogP contribution in [-0.2, 0) is 0 Å². The smallest absolute Gasteiger partial charge is 0.119 e. The summed E-state index contributed by atoms with van der Waals surface area (Å²) in [5.41, 5.74) is 0.850. The molecule has 0 aliphatic carbocycles. The van der Waals surface area contributed by atoms with Gasteiger partial charge in [-0.05, 0) is 50.3 Å². The van der Waals surface area contributed by atoms with E-state index >= 15 is 0 Å². The van der Waals surface area contributed by atoms with E-state index in [0.717, 1.165) is 24.3 Å². The van der Waals surface area contributed by atoms with Gasteiger partial charge in [0.2, 0.25) is 0 Å². The Morgan fingerprint density at radius 2 is 2.00 bits per heavy atom. The van der Waals surface area contributed by atoms with E-state index < -0.39 is 0 Å². The number of ether oxygens (including phenoxy) is 1. The third-order valence-corrected chi connectivity index (χ3v) is 2.11. The SMILES string of the molecule is CN(C)CCCOc1ccc(/C=N/O)cc1. The molecule has 0 heterocycles. The van der Waals surface area contributed by atoms with E-state index in [9.17, 15) is 0 Å². The Balaban J connectivity index is 2.32. The van der Waals surface area contributed by atoms with Crippen molar-refractivity contribution in [1.82, 2.24) is 4.90 Å². The minimum absolute atomic E-state index is 0.714. The zero-order valence-corrected chi connectivity index (χ0v) is 9.76. The molecule has 88 valence electrons. The van der Waals surface area contributed by atoms with Gasteiger partial charge in [-0.2, -0.15) is 0 Å². The highest BCUT2D eigenvalue weighted by molar-refractivity contribution is 5.79. The molecule has 0 bridgehead atoms. The highest BCUT2D eigenvalue weighted by atomic mass is 16.5. The van der Waals surface area contributed by atoms with Crippen LogP contribution in [0.1, 0.15) is 12.0 Å². The largest absolute Gasteiger partial charge is 0.494 e. The van der Waals surface area contributed by atoms with E-state index in [-0.39, 0.29) is 0 Å². The summed E-state index contributed by atoms with van der Waals surface area (Å²) >= 11 is 0. The lowest BCUT2D eigenvalue weighted by atomic mass is 10.2. The summed E-state index contributed by atoms with van der Waals surface area (Å²) in [4.78, 5) is 2.13. The van der Waals surface area contributed by atoms with E-state index in [1.165, 1.54) is 6.21 Å². The Morgan fingerprint density at radius 1 is 1.31 bits per heavy atom. The second-order valence-corrected chi connectivity index (χ2v) is 3.82. The monoisotopic (exact) mass is 222 g/mol. The van der Waals surface area contributed by atoms with Crippen molar-refractivity contribution in [2.24, 2.45) is 5.16 Å². The van der Waals surface area contributed by atoms with Crippen LogP contribution >= 0.6 is 0 Å². The van der Waals surface area contributed by atoms with Gasteiger partial charge in [0.1, 0.15) is 5.75 Å². The zero-order chi connectivity index (χ0) is 11.8. The molecule has 0 spiro atoms. The molecule has 16 heavy (non-hydrogen) atoms. The van der Waals surface area contributed by atoms with Gasteiger partial charge < -0.3 is 14.8 Å². The lowest BCUT2D eigenvalue weighted by Gasteiger charge is -2.10. The molecule has 1 N–H and O–H groups in total. The molecule has 1 rings (SSSR count). The molecule has 1 aromatic rings. The van der Waals surface area contributed by atoms with Crippen molar-refractivity contribution in [2.45, 2.75) is 6.42 Å². The van der Waals surface area contributed by atoms with Gasteiger partial charge in [-0.3, -0.25) is 0 Å². The average Bonchev–Trinajstić information content (AvgIpc) is 2.27. The first kappa shape index (κ1) is 12.5. The molecule has 0 fully saturated rings. The lowest BCUT2D eigenvalue weighted by Crippen LogP contribution is -2.15. The van der Waals surface area contributed by atoms with E-state index in [4.69, 9.17) is 9.94 Å². The van der Waals surface area contributed by atoms with E-state index in [2.05, 4.69) is 10.1 Å². The van der Waals surface area contributed by atoms with Crippen LogP contribution in [0.5, 0.6) is 5.75 Å². The number of hydrogen-bond acceptors (Lipinski definition) is 4. The standard InChI is InChI=1S/C12H18N2O2/c1-14(2)8-3-9-16-12-6-4-11(5-7-12)10-13-15/h4-7,10,15H,3,8-9H2,1-2H3/b13-10+. The van der Waals surface area contributed by atoms with E-state index in [1.54, 1.807) is 0 Å². The lowest BCUT2D eigenvalue weighted by molar-refractivity contribution is 0.281. The predicted molar refractivity (Wildman–Crippen MR) is 64.5 cm³/mol. The molecule has 0 aromatic heterocycles. The fraction of sp³-hybridized carbons (Fsp3) is 0.417. The summed E-state index contributed by atoms with van der Waals surface area (Å²) in [5, 5.41) is 11.3. The normalized spacial score (nSPS) is 11.2. The first-order valence-corrected chi connectivity index (χ1v) is 5.27. The van der Waals surface area contributed by atoms with Gasteiger partial charge >= 0.3 is 0 Å². The van der Waals surface area contributed by atoms with Crippen molar-refractivity contribution >= 4 is 6.21 Å². The van der Waals surface area contributed by atoms with Crippen molar-refractivity contribution in [3.63, 3.8) is 0 Å². The Bertz CT molecular complexity index is 320. The van der Waals surface area contributed by atoms with Crippen molar-refractivity contribution in [3.8, 4) is 5.75 Å². The second-order valence-electron chi connectivity index (χ2n) is 3.82. The molecular weight excluding hydrogens is 204 g/mol. The second kappa shape index (κ2) is 6.85. The molecule has 0 unspecified atom stereocenters. The van der Waals surface area contributed by atoms with Gasteiger partial charge in [-0.15, -0.1) is 0 Å². The third kappa shape index (κ3) is 4.79. The van der Waals surface area contributed by atoms with Crippen LogP contribution in [0.15, 0.2) is 29.4 Å². The minimum Gasteiger partial charge on any atom is -0.494 e. The third-order valence-electron chi connectivity index (χ3n) is 2.11. The number of oxime groups is 1. The van der Waals surface area contributed by atoms with Crippen molar-refractivity contribution in [3.05, 3.63) is 29.8 Å². The van der Waals surface area contributed by atoms with Gasteiger partial charge in [-0.1, -0.05) is 5.16 Å². The Morgan fingerprint density at radius 3 is 2.56 bits per heavy atom. The molecule has 0 amide bonds. The summed E-state index contributed by atoms with van der Waals surface area (Å²) < 4.78 is 5.56. The van der Waals surface area contributed by atoms with Gasteiger partial charge in [0.25, 0.3) is 0 Å². The first-order chi connectivity index (χ1) is 7.72. The quantitative estimate of drug-likeness (QED) is 0.345. The van der Waals surface area contributed by atoms with Crippen LogP contribution in [0.4, 0.5) is 0 Å². The molecule has 0 aliphatic rings. The maximum Gasteiger partial charge on any atom is 0.119 e. The van der Waals surface area contributed by atoms with E-state index in [0.29, 0.717) is 6.61 Å². The summed E-state index contributed by atoms with van der Waals surface area (Å²) in [6.07, 6.45) is 2.39. The minimum atomic E-state index is 0.714. The van der Waals surface area contributed by atoms with Gasteiger partial charge in [0, 0.05) is 6.54 Å². The molecule has 0 radical (unpaired) electrons. The van der Waals surface area contributed by atoms with Gasteiger partial charge in [0.15, 0.2) is 0 Å². The van der Waals surface area contributed by atoms with Crippen LogP contribution in [0.3, 0.4) is 0 Å². The van der Waals surface area contributed by atoms with Crippen LogP contribution in [0.25, 0.3) is 0 Å². The molecule has 4 nitrogen and oxygen atoms in total. The fourth-order valence-electron chi connectivity index (χ4n) is 1.29. The molecule has 1 aromatic carbocycles. The molecule has 4 heteroatoms. The summed E-state index contributed by atoms with van der Waals surface area (Å²) in [6, 6.07) is 7.43. The number of benzene rings is 1. The van der Waals surface area contributed by atoms with E-state index in [1.807, 2.05) is 38.4 Å². The first-order valence-electron chi connectivity index (χ1n) is 5.27. The summed E-state index contributed by atoms with van der Waals surface area (Å²) in [7, 11) is 4.09. The number of hydrogen-bond donors (Lipinski definition) is 1. The van der Waals surface area contributed by atoms with Crippen LogP contribution in [0, 0.1) is 0 Å². The predicted octanol–water partition coefficient (Wildman–Crippen LogP) is 1.83. The molecule has 0 atom stereocenters. The number of nitrogens with zero attached hydrogens (tertiary/aromatic N) is 2. The van der Waals surface area contributed by atoms with Crippen molar-refractivity contribution < 1.29 is 9.94 Å². The van der Waals surface area contributed by atoms with Gasteiger partial charge in [0.05, 0.1) is 12.8 Å². The highest BCUT2D eigenvalue weighted by Gasteiger charge is 1.95. The average molecular weight is 222 g/mol. The van der Waals surface area contributed by atoms with Crippen LogP contribution in [-0.4, -0.2) is 43.6 Å². The maximum absolute atomic E-state index is 8.35. The molecular formula is C12H18N2O2. The Labute approximate surface area is 96.1 Å². The summed E-state index contributed by atoms with van der Waals surface area (Å²) in [6.45, 7) is 1.74. The Kier molecular flexibility index (Phi) is 5.36. The highest BCUT2D eigenvalue weighted by Crippen LogP contribution is 2.11. The summed E-state index contributed by atoms with van der Waals surface area (Å²) in [5.74, 6) is 0.842.